The van der Waals surface area contributed by atoms with Crippen molar-refractivity contribution < 1.29 is 4.74 Å². The van der Waals surface area contributed by atoms with Crippen molar-refractivity contribution in [1.82, 2.24) is 9.97 Å². The van der Waals surface area contributed by atoms with Gasteiger partial charge in [0.2, 0.25) is 0 Å². The lowest BCUT2D eigenvalue weighted by Crippen LogP contribution is -1.96. The lowest BCUT2D eigenvalue weighted by molar-refractivity contribution is 0.478. The molecule has 0 aliphatic carbocycles. The molecule has 0 saturated carbocycles. The quantitative estimate of drug-likeness (QED) is 0.842. The van der Waals surface area contributed by atoms with E-state index in [2.05, 4.69) is 9.97 Å². The molecule has 2 aromatic heterocycles. The molecule has 0 fully saturated rings. The number of rotatable bonds is 2. The Morgan fingerprint density at radius 2 is 1.62 bits per heavy atom. The van der Waals surface area contributed by atoms with Crippen molar-refractivity contribution in [2.24, 2.45) is 0 Å². The maximum Gasteiger partial charge on any atom is 0.168 e. The van der Waals surface area contributed by atoms with Crippen molar-refractivity contribution in [2.75, 3.05) is 0 Å². The van der Waals surface area contributed by atoms with Gasteiger partial charge < -0.3 is 4.74 Å². The summed E-state index contributed by atoms with van der Waals surface area (Å²) >= 11 is 11.8. The molecule has 0 aliphatic heterocycles. The van der Waals surface area contributed by atoms with Gasteiger partial charge in [0, 0.05) is 6.07 Å². The van der Waals surface area contributed by atoms with Crippen molar-refractivity contribution in [2.45, 2.75) is 0 Å². The van der Waals surface area contributed by atoms with E-state index in [-0.39, 0.29) is 38.5 Å². The Balaban J connectivity index is 2.50. The van der Waals surface area contributed by atoms with E-state index in [1.165, 1.54) is 18.5 Å². The Labute approximate surface area is 129 Å². The molecule has 0 aromatic carbocycles. The molecule has 6 nitrogen and oxygen atoms in total. The van der Waals surface area contributed by atoms with Gasteiger partial charge in [0.25, 0.3) is 0 Å². The van der Waals surface area contributed by atoms with E-state index in [0.29, 0.717) is 0 Å². The molecule has 100 valence electrons. The molecule has 0 bridgehead atoms. The Morgan fingerprint density at radius 3 is 2.19 bits per heavy atom. The van der Waals surface area contributed by atoms with Gasteiger partial charge in [-0.15, -0.1) is 0 Å². The molecule has 2 aromatic rings. The fraction of sp³-hybridized carbons (Fsp3) is 0. The maximum atomic E-state index is 9.02. The predicted molar refractivity (Wildman–Crippen MR) is 72.7 cm³/mol. The van der Waals surface area contributed by atoms with Crippen LogP contribution in [0.5, 0.6) is 11.5 Å². The molecule has 0 atom stereocenters. The summed E-state index contributed by atoms with van der Waals surface area (Å²) in [7, 11) is 0. The fourth-order valence-electron chi connectivity index (χ4n) is 1.40. The molecule has 2 rings (SSSR count). The van der Waals surface area contributed by atoms with Gasteiger partial charge in [0.1, 0.15) is 34.5 Å². The molecule has 0 spiro atoms. The van der Waals surface area contributed by atoms with Crippen LogP contribution in [0.25, 0.3) is 0 Å². The summed E-state index contributed by atoms with van der Waals surface area (Å²) in [6, 6.07) is 6.81. The van der Waals surface area contributed by atoms with Gasteiger partial charge >= 0.3 is 0 Å². The first-order chi connectivity index (χ1) is 10.1. The minimum Gasteiger partial charge on any atom is -0.453 e. The number of nitriles is 3. The van der Waals surface area contributed by atoms with E-state index in [4.69, 9.17) is 43.7 Å². The van der Waals surface area contributed by atoms with E-state index in [1.807, 2.05) is 12.1 Å². The molecule has 0 saturated heterocycles. The Kier molecular flexibility index (Phi) is 4.21. The fourth-order valence-corrected chi connectivity index (χ4v) is 1.83. The normalized spacial score (nSPS) is 9.29. The van der Waals surface area contributed by atoms with Crippen LogP contribution >= 0.6 is 23.2 Å². The molecule has 0 amide bonds. The third-order valence-corrected chi connectivity index (χ3v) is 2.98. The Bertz CT molecular complexity index is 845. The third-order valence-electron chi connectivity index (χ3n) is 2.34. The first-order valence-corrected chi connectivity index (χ1v) is 6.08. The third kappa shape index (κ3) is 2.85. The van der Waals surface area contributed by atoms with E-state index >= 15 is 0 Å². The standard InChI is InChI=1S/C13H3Cl2N5O/c14-9-1-8(6-20-10(9)3-17)21-13-7(2-16)5-19-11(4-18)12(13)15/h1,5-6H. The van der Waals surface area contributed by atoms with Crippen LogP contribution in [-0.2, 0) is 0 Å². The number of ether oxygens (including phenoxy) is 1. The zero-order valence-corrected chi connectivity index (χ0v) is 11.6. The highest BCUT2D eigenvalue weighted by Crippen LogP contribution is 2.34. The van der Waals surface area contributed by atoms with Crippen LogP contribution in [0.3, 0.4) is 0 Å². The zero-order valence-electron chi connectivity index (χ0n) is 10.1. The lowest BCUT2D eigenvalue weighted by Gasteiger charge is -2.09. The van der Waals surface area contributed by atoms with Crippen molar-refractivity contribution in [1.29, 1.82) is 15.8 Å². The molecular weight excluding hydrogens is 313 g/mol. The minimum atomic E-state index is -0.0861. The highest BCUT2D eigenvalue weighted by Gasteiger charge is 2.16. The van der Waals surface area contributed by atoms with E-state index in [0.717, 1.165) is 0 Å². The minimum absolute atomic E-state index is 0.0201. The predicted octanol–water partition coefficient (Wildman–Crippen LogP) is 3.19. The van der Waals surface area contributed by atoms with Gasteiger partial charge in [0.05, 0.1) is 17.4 Å². The van der Waals surface area contributed by atoms with Crippen LogP contribution in [0.1, 0.15) is 17.0 Å². The van der Waals surface area contributed by atoms with Crippen molar-refractivity contribution in [3.63, 3.8) is 0 Å². The monoisotopic (exact) mass is 315 g/mol. The Hall–Kier alpha value is -2.85. The SMILES string of the molecule is N#Cc1cnc(C#N)c(Cl)c1Oc1cnc(C#N)c(Cl)c1. The summed E-state index contributed by atoms with van der Waals surface area (Å²) in [6.45, 7) is 0. The summed E-state index contributed by atoms with van der Waals surface area (Å²) in [4.78, 5) is 7.53. The van der Waals surface area contributed by atoms with Gasteiger partial charge in [-0.05, 0) is 0 Å². The van der Waals surface area contributed by atoms with Crippen LogP contribution in [0.2, 0.25) is 10.0 Å². The van der Waals surface area contributed by atoms with Crippen molar-refractivity contribution in [3.05, 3.63) is 45.5 Å². The van der Waals surface area contributed by atoms with E-state index in [1.54, 1.807) is 6.07 Å². The number of pyridine rings is 2. The summed E-state index contributed by atoms with van der Waals surface area (Å²) in [5.74, 6) is 0.154. The molecule has 0 radical (unpaired) electrons. The molecular formula is C13H3Cl2N5O. The molecule has 0 N–H and O–H groups in total. The maximum absolute atomic E-state index is 9.02. The largest absolute Gasteiger partial charge is 0.453 e. The first-order valence-electron chi connectivity index (χ1n) is 5.33. The smallest absolute Gasteiger partial charge is 0.168 e. The summed E-state index contributed by atoms with van der Waals surface area (Å²) in [5.41, 5.74) is 0.0286. The second-order valence-corrected chi connectivity index (χ2v) is 4.39. The van der Waals surface area contributed by atoms with E-state index < -0.39 is 0 Å². The molecule has 21 heavy (non-hydrogen) atoms. The van der Waals surface area contributed by atoms with Gasteiger partial charge in [-0.3, -0.25) is 0 Å². The first kappa shape index (κ1) is 14.6. The number of hydrogen-bond donors (Lipinski definition) is 0. The topological polar surface area (TPSA) is 106 Å². The molecule has 2 heterocycles. The summed E-state index contributed by atoms with van der Waals surface area (Å²) < 4.78 is 5.45. The van der Waals surface area contributed by atoms with Gasteiger partial charge in [-0.2, -0.15) is 15.8 Å². The van der Waals surface area contributed by atoms with Crippen molar-refractivity contribution >= 4 is 23.2 Å². The van der Waals surface area contributed by atoms with Crippen LogP contribution in [-0.4, -0.2) is 9.97 Å². The van der Waals surface area contributed by atoms with Crippen LogP contribution in [0, 0.1) is 34.0 Å². The highest BCUT2D eigenvalue weighted by atomic mass is 35.5. The van der Waals surface area contributed by atoms with E-state index in [9.17, 15) is 0 Å². The van der Waals surface area contributed by atoms with Gasteiger partial charge in [-0.1, -0.05) is 23.2 Å². The van der Waals surface area contributed by atoms with Crippen LogP contribution in [0.15, 0.2) is 18.5 Å². The molecule has 8 heteroatoms. The van der Waals surface area contributed by atoms with Crippen molar-refractivity contribution in [3.8, 4) is 29.7 Å². The number of hydrogen-bond acceptors (Lipinski definition) is 6. The molecule has 0 unspecified atom stereocenters. The number of halogens is 2. The Morgan fingerprint density at radius 1 is 0.952 bits per heavy atom. The second kappa shape index (κ2) is 6.07. The van der Waals surface area contributed by atoms with Crippen LogP contribution < -0.4 is 4.74 Å². The highest BCUT2D eigenvalue weighted by molar-refractivity contribution is 6.33. The van der Waals surface area contributed by atoms with Crippen LogP contribution in [0.4, 0.5) is 0 Å². The number of nitrogens with zero attached hydrogens (tertiary/aromatic N) is 5. The second-order valence-electron chi connectivity index (χ2n) is 3.60. The summed E-state index contributed by atoms with van der Waals surface area (Å²) in [6.07, 6.45) is 2.44. The van der Waals surface area contributed by atoms with Gasteiger partial charge in [-0.25, -0.2) is 9.97 Å². The lowest BCUT2D eigenvalue weighted by atomic mass is 10.2. The summed E-state index contributed by atoms with van der Waals surface area (Å²) in [5, 5.41) is 26.7. The average Bonchev–Trinajstić information content (AvgIpc) is 2.49. The average molecular weight is 316 g/mol. The van der Waals surface area contributed by atoms with Gasteiger partial charge in [0.15, 0.2) is 17.1 Å². The molecule has 0 aliphatic rings. The zero-order chi connectivity index (χ0) is 15.4. The number of aromatic nitrogens is 2.